The largest absolute Gasteiger partial charge is 0.369 e. The zero-order valence-corrected chi connectivity index (χ0v) is 7.90. The molecule has 0 atom stereocenters. The molecule has 0 fully saturated rings. The first-order valence-electron chi connectivity index (χ1n) is 4.36. The monoisotopic (exact) mass is 189 g/mol. The van der Waals surface area contributed by atoms with E-state index in [1.54, 1.807) is 4.68 Å². The standard InChI is InChI=1S/C10H11N3O/c1-13-6-8-3-2-7(5-10(11)14)4-9(8)12-13/h2-4,6H,5H2,1H3,(H2,11,14). The molecule has 0 saturated carbocycles. The van der Waals surface area contributed by atoms with Crippen molar-refractivity contribution >= 4 is 16.8 Å². The van der Waals surface area contributed by atoms with Crippen LogP contribution in [0.4, 0.5) is 0 Å². The molecule has 0 bridgehead atoms. The van der Waals surface area contributed by atoms with Gasteiger partial charge in [-0.3, -0.25) is 9.48 Å². The third kappa shape index (κ3) is 1.59. The van der Waals surface area contributed by atoms with Crippen LogP contribution in [0.15, 0.2) is 24.4 Å². The van der Waals surface area contributed by atoms with Gasteiger partial charge in [0.2, 0.25) is 5.91 Å². The predicted octanol–water partition coefficient (Wildman–Crippen LogP) is 0.601. The van der Waals surface area contributed by atoms with Crippen molar-refractivity contribution in [3.05, 3.63) is 30.0 Å². The van der Waals surface area contributed by atoms with E-state index >= 15 is 0 Å². The first kappa shape index (κ1) is 8.74. The van der Waals surface area contributed by atoms with E-state index in [1.165, 1.54) is 0 Å². The Labute approximate surface area is 81.3 Å². The molecule has 2 aromatic rings. The fourth-order valence-electron chi connectivity index (χ4n) is 1.50. The number of hydrogen-bond acceptors (Lipinski definition) is 2. The Hall–Kier alpha value is -1.84. The van der Waals surface area contributed by atoms with Crippen LogP contribution in [0.25, 0.3) is 10.9 Å². The lowest BCUT2D eigenvalue weighted by atomic mass is 10.1. The summed E-state index contributed by atoms with van der Waals surface area (Å²) in [6, 6.07) is 5.73. The van der Waals surface area contributed by atoms with Crippen LogP contribution in [-0.4, -0.2) is 15.7 Å². The third-order valence-electron chi connectivity index (χ3n) is 2.06. The maximum absolute atomic E-state index is 10.7. The van der Waals surface area contributed by atoms with Crippen molar-refractivity contribution in [3.8, 4) is 0 Å². The Morgan fingerprint density at radius 1 is 1.57 bits per heavy atom. The number of amides is 1. The zero-order valence-electron chi connectivity index (χ0n) is 7.90. The number of primary amides is 1. The molecule has 0 radical (unpaired) electrons. The van der Waals surface area contributed by atoms with Gasteiger partial charge in [-0.15, -0.1) is 0 Å². The first-order chi connectivity index (χ1) is 6.65. The summed E-state index contributed by atoms with van der Waals surface area (Å²) in [6.45, 7) is 0. The van der Waals surface area contributed by atoms with Gasteiger partial charge < -0.3 is 5.73 Å². The normalized spacial score (nSPS) is 10.6. The summed E-state index contributed by atoms with van der Waals surface area (Å²) in [4.78, 5) is 10.7. The highest BCUT2D eigenvalue weighted by Gasteiger charge is 2.02. The molecule has 0 saturated heterocycles. The van der Waals surface area contributed by atoms with E-state index in [9.17, 15) is 4.79 Å². The van der Waals surface area contributed by atoms with E-state index in [-0.39, 0.29) is 12.3 Å². The van der Waals surface area contributed by atoms with E-state index in [0.717, 1.165) is 16.5 Å². The summed E-state index contributed by atoms with van der Waals surface area (Å²) in [5.74, 6) is -0.319. The van der Waals surface area contributed by atoms with Crippen LogP contribution in [0.5, 0.6) is 0 Å². The number of fused-ring (bicyclic) bond motifs is 1. The van der Waals surface area contributed by atoms with Crippen molar-refractivity contribution in [2.45, 2.75) is 6.42 Å². The van der Waals surface area contributed by atoms with Crippen LogP contribution < -0.4 is 5.73 Å². The molecule has 14 heavy (non-hydrogen) atoms. The molecule has 4 heteroatoms. The molecule has 0 spiro atoms. The molecule has 1 amide bonds. The fourth-order valence-corrected chi connectivity index (χ4v) is 1.50. The van der Waals surface area contributed by atoms with Gasteiger partial charge in [-0.05, 0) is 11.6 Å². The van der Waals surface area contributed by atoms with E-state index in [0.29, 0.717) is 0 Å². The Morgan fingerprint density at radius 3 is 3.07 bits per heavy atom. The molecular weight excluding hydrogens is 178 g/mol. The maximum Gasteiger partial charge on any atom is 0.221 e. The van der Waals surface area contributed by atoms with Gasteiger partial charge in [0.1, 0.15) is 0 Å². The average molecular weight is 189 g/mol. The van der Waals surface area contributed by atoms with E-state index < -0.39 is 0 Å². The number of nitrogens with zero attached hydrogens (tertiary/aromatic N) is 2. The number of rotatable bonds is 2. The van der Waals surface area contributed by atoms with Crippen molar-refractivity contribution in [2.75, 3.05) is 0 Å². The van der Waals surface area contributed by atoms with E-state index in [2.05, 4.69) is 5.10 Å². The minimum absolute atomic E-state index is 0.270. The first-order valence-corrected chi connectivity index (χ1v) is 4.36. The Kier molecular flexibility index (Phi) is 1.96. The summed E-state index contributed by atoms with van der Waals surface area (Å²) in [6.07, 6.45) is 2.20. The molecule has 1 aromatic heterocycles. The van der Waals surface area contributed by atoms with Gasteiger partial charge >= 0.3 is 0 Å². The summed E-state index contributed by atoms with van der Waals surface area (Å²) in [7, 11) is 1.87. The summed E-state index contributed by atoms with van der Waals surface area (Å²) >= 11 is 0. The molecule has 0 aliphatic rings. The lowest BCUT2D eigenvalue weighted by Gasteiger charge is -1.96. The van der Waals surface area contributed by atoms with Gasteiger partial charge in [0.25, 0.3) is 0 Å². The van der Waals surface area contributed by atoms with E-state index in [4.69, 9.17) is 5.73 Å². The molecule has 1 heterocycles. The number of carbonyl (C=O) groups is 1. The van der Waals surface area contributed by atoms with Crippen LogP contribution in [0.3, 0.4) is 0 Å². The van der Waals surface area contributed by atoms with Crippen molar-refractivity contribution in [3.63, 3.8) is 0 Å². The van der Waals surface area contributed by atoms with Crippen LogP contribution in [0.2, 0.25) is 0 Å². The Bertz CT molecular complexity index is 487. The summed E-state index contributed by atoms with van der Waals surface area (Å²) in [5.41, 5.74) is 6.91. The van der Waals surface area contributed by atoms with Gasteiger partial charge in [0.15, 0.2) is 0 Å². The van der Waals surface area contributed by atoms with Gasteiger partial charge in [0.05, 0.1) is 11.9 Å². The molecule has 0 unspecified atom stereocenters. The Morgan fingerprint density at radius 2 is 2.36 bits per heavy atom. The van der Waals surface area contributed by atoms with Crippen molar-refractivity contribution in [1.82, 2.24) is 9.78 Å². The van der Waals surface area contributed by atoms with Gasteiger partial charge in [-0.2, -0.15) is 5.10 Å². The molecule has 2 N–H and O–H groups in total. The maximum atomic E-state index is 10.7. The molecular formula is C10H11N3O. The van der Waals surface area contributed by atoms with Crippen LogP contribution in [-0.2, 0) is 18.3 Å². The number of nitrogens with two attached hydrogens (primary N) is 1. The molecule has 1 aromatic carbocycles. The third-order valence-corrected chi connectivity index (χ3v) is 2.06. The SMILES string of the molecule is Cn1cc2ccc(CC(N)=O)cc2n1. The quantitative estimate of drug-likeness (QED) is 0.752. The summed E-state index contributed by atoms with van der Waals surface area (Å²) < 4.78 is 1.75. The number of benzene rings is 1. The number of hydrogen-bond donors (Lipinski definition) is 1. The van der Waals surface area contributed by atoms with Crippen LogP contribution in [0, 0.1) is 0 Å². The second kappa shape index (κ2) is 3.14. The van der Waals surface area contributed by atoms with Gasteiger partial charge in [-0.1, -0.05) is 12.1 Å². The second-order valence-electron chi connectivity index (χ2n) is 3.34. The number of aryl methyl sites for hydroxylation is 1. The number of carbonyl (C=O) groups excluding carboxylic acids is 1. The van der Waals surface area contributed by atoms with Crippen LogP contribution in [0.1, 0.15) is 5.56 Å². The lowest BCUT2D eigenvalue weighted by Crippen LogP contribution is -2.13. The minimum atomic E-state index is -0.319. The smallest absolute Gasteiger partial charge is 0.221 e. The van der Waals surface area contributed by atoms with Crippen molar-refractivity contribution in [1.29, 1.82) is 0 Å². The molecule has 2 rings (SSSR count). The molecule has 4 nitrogen and oxygen atoms in total. The second-order valence-corrected chi connectivity index (χ2v) is 3.34. The highest BCUT2D eigenvalue weighted by molar-refractivity contribution is 5.82. The van der Waals surface area contributed by atoms with Gasteiger partial charge in [-0.25, -0.2) is 0 Å². The lowest BCUT2D eigenvalue weighted by molar-refractivity contribution is -0.117. The molecule has 0 aliphatic carbocycles. The van der Waals surface area contributed by atoms with Crippen molar-refractivity contribution < 1.29 is 4.79 Å². The van der Waals surface area contributed by atoms with Crippen molar-refractivity contribution in [2.24, 2.45) is 12.8 Å². The predicted molar refractivity (Wildman–Crippen MR) is 53.6 cm³/mol. The fraction of sp³-hybridized carbons (Fsp3) is 0.200. The molecule has 72 valence electrons. The topological polar surface area (TPSA) is 60.9 Å². The highest BCUT2D eigenvalue weighted by atomic mass is 16.1. The zero-order chi connectivity index (χ0) is 10.1. The molecule has 0 aliphatic heterocycles. The Balaban J connectivity index is 2.45. The summed E-state index contributed by atoms with van der Waals surface area (Å²) in [5, 5.41) is 5.32. The minimum Gasteiger partial charge on any atom is -0.369 e. The van der Waals surface area contributed by atoms with E-state index in [1.807, 2.05) is 31.4 Å². The average Bonchev–Trinajstić information content (AvgIpc) is 2.42. The van der Waals surface area contributed by atoms with Gasteiger partial charge in [0, 0.05) is 18.6 Å². The highest BCUT2D eigenvalue weighted by Crippen LogP contribution is 2.13. The van der Waals surface area contributed by atoms with Crippen LogP contribution >= 0.6 is 0 Å². The number of aromatic nitrogens is 2.